The summed E-state index contributed by atoms with van der Waals surface area (Å²) >= 11 is 6.20. The summed E-state index contributed by atoms with van der Waals surface area (Å²) in [6.07, 6.45) is 1.89. The van der Waals surface area contributed by atoms with E-state index in [0.29, 0.717) is 11.4 Å². The summed E-state index contributed by atoms with van der Waals surface area (Å²) in [5.41, 5.74) is 0.731. The first-order valence-corrected chi connectivity index (χ1v) is 8.89. The summed E-state index contributed by atoms with van der Waals surface area (Å²) in [5, 5.41) is 16.0. The second kappa shape index (κ2) is 8.53. The minimum atomic E-state index is -0.747. The van der Waals surface area contributed by atoms with Crippen molar-refractivity contribution in [2.75, 3.05) is 6.61 Å². The van der Waals surface area contributed by atoms with Gasteiger partial charge in [0.25, 0.3) is 5.56 Å². The van der Waals surface area contributed by atoms with Crippen LogP contribution in [0.4, 0.5) is 8.78 Å². The molecular formula is C19H18ClF2N3O3. The summed E-state index contributed by atoms with van der Waals surface area (Å²) in [5.74, 6) is -1.34. The molecule has 0 bridgehead atoms. The molecule has 2 heterocycles. The van der Waals surface area contributed by atoms with Crippen LogP contribution in [0.2, 0.25) is 5.02 Å². The molecule has 0 aliphatic heterocycles. The third kappa shape index (κ3) is 4.07. The van der Waals surface area contributed by atoms with Crippen molar-refractivity contribution in [1.82, 2.24) is 14.8 Å². The lowest BCUT2D eigenvalue weighted by atomic mass is 10.1. The monoisotopic (exact) mass is 409 g/mol. The van der Waals surface area contributed by atoms with Crippen LogP contribution in [0.1, 0.15) is 29.4 Å². The number of H-pyrrole nitrogens is 1. The van der Waals surface area contributed by atoms with Gasteiger partial charge in [0.05, 0.1) is 11.7 Å². The van der Waals surface area contributed by atoms with E-state index >= 15 is 0 Å². The van der Waals surface area contributed by atoms with Gasteiger partial charge in [-0.1, -0.05) is 11.6 Å². The molecule has 0 radical (unpaired) electrons. The maximum absolute atomic E-state index is 13.8. The Kier molecular flexibility index (Phi) is 6.11. The molecule has 6 nitrogen and oxygen atoms in total. The number of nitrogens with one attached hydrogen (secondary N) is 1. The van der Waals surface area contributed by atoms with Crippen molar-refractivity contribution in [2.24, 2.45) is 0 Å². The van der Waals surface area contributed by atoms with Gasteiger partial charge in [-0.15, -0.1) is 0 Å². The highest BCUT2D eigenvalue weighted by molar-refractivity contribution is 6.31. The van der Waals surface area contributed by atoms with Gasteiger partial charge in [-0.25, -0.2) is 8.78 Å². The first kappa shape index (κ1) is 20.0. The highest BCUT2D eigenvalue weighted by Gasteiger charge is 2.22. The number of benzene rings is 1. The van der Waals surface area contributed by atoms with Gasteiger partial charge in [-0.3, -0.25) is 9.89 Å². The Balaban J connectivity index is 1.92. The van der Waals surface area contributed by atoms with E-state index in [-0.39, 0.29) is 36.0 Å². The molecule has 28 heavy (non-hydrogen) atoms. The number of rotatable bonds is 7. The molecule has 0 saturated carbocycles. The lowest BCUT2D eigenvalue weighted by Gasteiger charge is -2.21. The number of hydrogen-bond acceptors (Lipinski definition) is 4. The standard InChI is InChI=1S/C19H18ClF2N3O3/c1-11-8-17(28-10-12-2-3-13(21)9-14(12)22)18(20)19(27)25(11)16(5-7-26)15-4-6-23-24-15/h2-4,6,8-9,16,26H,5,7,10H2,1H3,(H,23,24). The summed E-state index contributed by atoms with van der Waals surface area (Å²) in [7, 11) is 0. The van der Waals surface area contributed by atoms with Crippen molar-refractivity contribution in [3.05, 3.63) is 80.5 Å². The zero-order chi connectivity index (χ0) is 20.3. The minimum absolute atomic E-state index is 0.0916. The quantitative estimate of drug-likeness (QED) is 0.627. The summed E-state index contributed by atoms with van der Waals surface area (Å²) in [6, 6.07) is 5.90. The van der Waals surface area contributed by atoms with E-state index in [1.807, 2.05) is 0 Å². The molecule has 1 atom stereocenters. The van der Waals surface area contributed by atoms with Gasteiger partial charge in [0.1, 0.15) is 29.0 Å². The van der Waals surface area contributed by atoms with Gasteiger partial charge in [0.15, 0.2) is 0 Å². The molecule has 0 saturated heterocycles. The van der Waals surface area contributed by atoms with Crippen molar-refractivity contribution in [3.63, 3.8) is 0 Å². The van der Waals surface area contributed by atoms with Crippen molar-refractivity contribution in [1.29, 1.82) is 0 Å². The molecular weight excluding hydrogens is 392 g/mol. The molecule has 0 aliphatic rings. The summed E-state index contributed by atoms with van der Waals surface area (Å²) < 4.78 is 33.7. The highest BCUT2D eigenvalue weighted by atomic mass is 35.5. The largest absolute Gasteiger partial charge is 0.487 e. The number of aliphatic hydroxyl groups excluding tert-OH is 1. The number of halogens is 3. The van der Waals surface area contributed by atoms with E-state index in [1.54, 1.807) is 25.3 Å². The fraction of sp³-hybridized carbons (Fsp3) is 0.263. The van der Waals surface area contributed by atoms with Crippen molar-refractivity contribution < 1.29 is 18.6 Å². The second-order valence-corrected chi connectivity index (χ2v) is 6.57. The number of aliphatic hydroxyl groups is 1. The number of aromatic nitrogens is 3. The molecule has 0 fully saturated rings. The molecule has 1 unspecified atom stereocenters. The molecule has 148 valence electrons. The number of nitrogens with zero attached hydrogens (tertiary/aromatic N) is 2. The van der Waals surface area contributed by atoms with Crippen LogP contribution in [-0.4, -0.2) is 26.5 Å². The van der Waals surface area contributed by atoms with E-state index in [2.05, 4.69) is 10.2 Å². The third-order valence-electron chi connectivity index (χ3n) is 4.32. The predicted molar refractivity (Wildman–Crippen MR) is 99.6 cm³/mol. The molecule has 1 aromatic carbocycles. The van der Waals surface area contributed by atoms with E-state index < -0.39 is 23.2 Å². The van der Waals surface area contributed by atoms with Gasteiger partial charge < -0.3 is 14.4 Å². The summed E-state index contributed by atoms with van der Waals surface area (Å²) in [6.45, 7) is 1.33. The van der Waals surface area contributed by atoms with Gasteiger partial charge in [0.2, 0.25) is 0 Å². The Bertz CT molecular complexity index is 1020. The number of hydrogen-bond donors (Lipinski definition) is 2. The van der Waals surface area contributed by atoms with Crippen molar-refractivity contribution in [2.45, 2.75) is 26.0 Å². The van der Waals surface area contributed by atoms with E-state index in [0.717, 1.165) is 12.1 Å². The van der Waals surface area contributed by atoms with Gasteiger partial charge in [-0.2, -0.15) is 5.10 Å². The SMILES string of the molecule is Cc1cc(OCc2ccc(F)cc2F)c(Cl)c(=O)n1C(CCO)c1cc[nH]n1. The number of pyridine rings is 1. The van der Waals surface area contributed by atoms with Crippen LogP contribution in [0.25, 0.3) is 0 Å². The minimum Gasteiger partial charge on any atom is -0.487 e. The smallest absolute Gasteiger partial charge is 0.273 e. The van der Waals surface area contributed by atoms with Crippen molar-refractivity contribution in [3.8, 4) is 5.75 Å². The number of ether oxygens (including phenoxy) is 1. The Morgan fingerprint density at radius 3 is 2.75 bits per heavy atom. The maximum Gasteiger partial charge on any atom is 0.273 e. The first-order valence-electron chi connectivity index (χ1n) is 8.51. The lowest BCUT2D eigenvalue weighted by Crippen LogP contribution is -2.29. The van der Waals surface area contributed by atoms with E-state index in [4.69, 9.17) is 16.3 Å². The molecule has 9 heteroatoms. The third-order valence-corrected chi connectivity index (χ3v) is 4.67. The molecule has 0 spiro atoms. The first-order chi connectivity index (χ1) is 13.4. The topological polar surface area (TPSA) is 80.1 Å². The molecule has 2 N–H and O–H groups in total. The van der Waals surface area contributed by atoms with E-state index in [9.17, 15) is 18.7 Å². The fourth-order valence-corrected chi connectivity index (χ4v) is 3.17. The second-order valence-electron chi connectivity index (χ2n) is 6.19. The highest BCUT2D eigenvalue weighted by Crippen LogP contribution is 2.27. The average Bonchev–Trinajstić information content (AvgIpc) is 3.18. The lowest BCUT2D eigenvalue weighted by molar-refractivity contribution is 0.263. The molecule has 3 aromatic rings. The Morgan fingerprint density at radius 1 is 1.32 bits per heavy atom. The van der Waals surface area contributed by atoms with Crippen LogP contribution in [0, 0.1) is 18.6 Å². The maximum atomic E-state index is 13.8. The van der Waals surface area contributed by atoms with E-state index in [1.165, 1.54) is 10.6 Å². The Hall–Kier alpha value is -2.71. The van der Waals surface area contributed by atoms with Crippen LogP contribution >= 0.6 is 11.6 Å². The zero-order valence-corrected chi connectivity index (χ0v) is 15.7. The Labute approximate surface area is 164 Å². The molecule has 0 aliphatic carbocycles. The normalized spacial score (nSPS) is 12.2. The van der Waals surface area contributed by atoms with Crippen LogP contribution in [0.15, 0.2) is 41.3 Å². The van der Waals surface area contributed by atoms with Crippen LogP contribution in [-0.2, 0) is 6.61 Å². The number of aromatic amines is 1. The molecule has 2 aromatic heterocycles. The molecule has 0 amide bonds. The van der Waals surface area contributed by atoms with Gasteiger partial charge in [0, 0.05) is 36.2 Å². The summed E-state index contributed by atoms with van der Waals surface area (Å²) in [4.78, 5) is 12.9. The van der Waals surface area contributed by atoms with Crippen LogP contribution in [0.3, 0.4) is 0 Å². The predicted octanol–water partition coefficient (Wildman–Crippen LogP) is 3.36. The van der Waals surface area contributed by atoms with Crippen LogP contribution < -0.4 is 10.3 Å². The Morgan fingerprint density at radius 2 is 2.11 bits per heavy atom. The fourth-order valence-electron chi connectivity index (χ4n) is 2.97. The number of aryl methyl sites for hydroxylation is 1. The molecule has 3 rings (SSSR count). The zero-order valence-electron chi connectivity index (χ0n) is 15.0. The average molecular weight is 410 g/mol. The van der Waals surface area contributed by atoms with Gasteiger partial charge in [-0.05, 0) is 31.5 Å². The van der Waals surface area contributed by atoms with Crippen LogP contribution in [0.5, 0.6) is 5.75 Å². The van der Waals surface area contributed by atoms with Gasteiger partial charge >= 0.3 is 0 Å². The van der Waals surface area contributed by atoms with Crippen molar-refractivity contribution >= 4 is 11.6 Å².